The molecule has 0 fully saturated rings. The van der Waals surface area contributed by atoms with Gasteiger partial charge in [-0.25, -0.2) is 4.98 Å². The fourth-order valence-electron chi connectivity index (χ4n) is 2.11. The number of nitrogens with zero attached hydrogens (tertiary/aromatic N) is 1. The maximum atomic E-state index is 9.87. The highest BCUT2D eigenvalue weighted by Gasteiger charge is 2.11. The molecule has 0 aromatic carbocycles. The zero-order chi connectivity index (χ0) is 15.8. The van der Waals surface area contributed by atoms with E-state index in [0.29, 0.717) is 24.5 Å². The second-order valence-electron chi connectivity index (χ2n) is 5.16. The van der Waals surface area contributed by atoms with Gasteiger partial charge in [-0.1, -0.05) is 36.4 Å². The first-order valence-electron chi connectivity index (χ1n) is 7.33. The monoisotopic (exact) mass is 304 g/mol. The molecule has 2 rings (SSSR count). The Bertz CT molecular complexity index is 548. The van der Waals surface area contributed by atoms with Gasteiger partial charge in [0.2, 0.25) is 6.41 Å². The van der Waals surface area contributed by atoms with Gasteiger partial charge >= 0.3 is 0 Å². The lowest BCUT2D eigenvalue weighted by molar-refractivity contribution is -0.0856. The van der Waals surface area contributed by atoms with Gasteiger partial charge in [0.15, 0.2) is 0 Å². The number of hydrogen-bond donors (Lipinski definition) is 3. The SMILES string of the molecule is C=CC(O)Cc1cccc(NC(O)OCC2C=CC=CC2)n1.[HH]. The maximum Gasteiger partial charge on any atom is 0.236 e. The first-order valence-corrected chi connectivity index (χ1v) is 7.33. The molecule has 1 aliphatic rings. The Morgan fingerprint density at radius 1 is 1.45 bits per heavy atom. The number of aromatic nitrogens is 1. The zero-order valence-corrected chi connectivity index (χ0v) is 12.4. The first-order chi connectivity index (χ1) is 10.7. The van der Waals surface area contributed by atoms with Crippen molar-refractivity contribution in [1.82, 2.24) is 4.98 Å². The highest BCUT2D eigenvalue weighted by Crippen LogP contribution is 2.13. The van der Waals surface area contributed by atoms with E-state index in [9.17, 15) is 10.2 Å². The van der Waals surface area contributed by atoms with Gasteiger partial charge in [-0.15, -0.1) is 6.58 Å². The molecule has 0 saturated carbocycles. The van der Waals surface area contributed by atoms with Gasteiger partial charge in [-0.05, 0) is 18.6 Å². The predicted molar refractivity (Wildman–Crippen MR) is 88.2 cm³/mol. The number of ether oxygens (including phenoxy) is 1. The molecule has 0 aliphatic heterocycles. The highest BCUT2D eigenvalue weighted by molar-refractivity contribution is 5.35. The van der Waals surface area contributed by atoms with Crippen LogP contribution in [-0.4, -0.2) is 34.3 Å². The van der Waals surface area contributed by atoms with Crippen LogP contribution in [0.4, 0.5) is 5.82 Å². The molecule has 1 aromatic rings. The highest BCUT2D eigenvalue weighted by atomic mass is 16.6. The summed E-state index contributed by atoms with van der Waals surface area (Å²) in [6, 6.07) is 5.35. The van der Waals surface area contributed by atoms with Gasteiger partial charge < -0.3 is 20.3 Å². The third kappa shape index (κ3) is 5.44. The normalized spacial score (nSPS) is 19.6. The van der Waals surface area contributed by atoms with Crippen LogP contribution in [-0.2, 0) is 11.2 Å². The molecule has 5 nitrogen and oxygen atoms in total. The summed E-state index contributed by atoms with van der Waals surface area (Å²) in [6.45, 7) is 3.97. The van der Waals surface area contributed by atoms with Crippen LogP contribution >= 0.6 is 0 Å². The van der Waals surface area contributed by atoms with Gasteiger partial charge in [-0.3, -0.25) is 0 Å². The molecule has 0 bridgehead atoms. The van der Waals surface area contributed by atoms with E-state index in [-0.39, 0.29) is 7.34 Å². The van der Waals surface area contributed by atoms with Crippen LogP contribution in [0.15, 0.2) is 55.2 Å². The Kier molecular flexibility index (Phi) is 6.33. The summed E-state index contributed by atoms with van der Waals surface area (Å²) in [6.07, 6.45) is 9.12. The van der Waals surface area contributed by atoms with Crippen molar-refractivity contribution >= 4 is 5.82 Å². The number of hydrogen-bond acceptors (Lipinski definition) is 5. The summed E-state index contributed by atoms with van der Waals surface area (Å²) in [4.78, 5) is 4.31. The van der Waals surface area contributed by atoms with E-state index in [4.69, 9.17) is 4.74 Å². The molecule has 3 N–H and O–H groups in total. The van der Waals surface area contributed by atoms with Crippen LogP contribution in [0.3, 0.4) is 0 Å². The molecule has 0 radical (unpaired) electrons. The maximum absolute atomic E-state index is 9.87. The minimum atomic E-state index is -1.12. The standard InChI is InChI=1S/C17H22N2O3.H2/c1-2-15(20)11-14-9-6-10-16(18-14)19-17(21)22-12-13-7-4-3-5-8-13;/h2-7,9-10,13,15,17,20-21H,1,8,11-12H2,(H,18,19);1H. The molecule has 3 atom stereocenters. The van der Waals surface area contributed by atoms with Gasteiger partial charge in [0.25, 0.3) is 0 Å². The van der Waals surface area contributed by atoms with E-state index < -0.39 is 12.5 Å². The van der Waals surface area contributed by atoms with Gasteiger partial charge in [0.05, 0.1) is 12.7 Å². The fraction of sp³-hybridized carbons (Fsp3) is 0.353. The lowest BCUT2D eigenvalue weighted by Gasteiger charge is -2.18. The van der Waals surface area contributed by atoms with E-state index >= 15 is 0 Å². The largest absolute Gasteiger partial charge is 0.389 e. The second kappa shape index (κ2) is 8.48. The summed E-state index contributed by atoms with van der Waals surface area (Å²) >= 11 is 0. The van der Waals surface area contributed by atoms with Crippen LogP contribution < -0.4 is 5.32 Å². The molecule has 1 aromatic heterocycles. The Morgan fingerprint density at radius 3 is 3.05 bits per heavy atom. The fourth-order valence-corrected chi connectivity index (χ4v) is 2.11. The summed E-state index contributed by atoms with van der Waals surface area (Å²) in [7, 11) is 0. The average molecular weight is 304 g/mol. The summed E-state index contributed by atoms with van der Waals surface area (Å²) in [5, 5.41) is 22.2. The molecule has 0 amide bonds. The number of anilines is 1. The third-order valence-electron chi connectivity index (χ3n) is 3.31. The van der Waals surface area contributed by atoms with Crippen LogP contribution in [0.2, 0.25) is 0 Å². The summed E-state index contributed by atoms with van der Waals surface area (Å²) in [5.74, 6) is 0.781. The molecular formula is C17H24N2O3. The smallest absolute Gasteiger partial charge is 0.236 e. The predicted octanol–water partition coefficient (Wildman–Crippen LogP) is 2.25. The number of rotatable bonds is 8. The number of aliphatic hydroxyl groups is 2. The number of aliphatic hydroxyl groups excluding tert-OH is 2. The van der Waals surface area contributed by atoms with Gasteiger partial charge in [0, 0.05) is 19.5 Å². The Labute approximate surface area is 132 Å². The molecule has 22 heavy (non-hydrogen) atoms. The third-order valence-corrected chi connectivity index (χ3v) is 3.31. The molecular weight excluding hydrogens is 280 g/mol. The quantitative estimate of drug-likeness (QED) is 0.507. The van der Waals surface area contributed by atoms with Crippen LogP contribution in [0.25, 0.3) is 0 Å². The zero-order valence-electron chi connectivity index (χ0n) is 12.4. The average Bonchev–Trinajstić information content (AvgIpc) is 2.54. The van der Waals surface area contributed by atoms with E-state index in [0.717, 1.165) is 6.42 Å². The van der Waals surface area contributed by atoms with Crippen LogP contribution in [0, 0.1) is 5.92 Å². The molecule has 0 saturated heterocycles. The van der Waals surface area contributed by atoms with Crippen molar-refractivity contribution in [2.75, 3.05) is 11.9 Å². The van der Waals surface area contributed by atoms with Crippen molar-refractivity contribution in [3.63, 3.8) is 0 Å². The van der Waals surface area contributed by atoms with Crippen LogP contribution in [0.1, 0.15) is 13.5 Å². The Hall–Kier alpha value is -1.95. The van der Waals surface area contributed by atoms with E-state index in [1.165, 1.54) is 6.08 Å². The number of allylic oxidation sites excluding steroid dienone is 3. The van der Waals surface area contributed by atoms with Crippen molar-refractivity contribution in [3.05, 3.63) is 60.9 Å². The molecule has 120 valence electrons. The number of pyridine rings is 1. The summed E-state index contributed by atoms with van der Waals surface area (Å²) in [5.41, 5.74) is 0.713. The Morgan fingerprint density at radius 2 is 2.32 bits per heavy atom. The van der Waals surface area contributed by atoms with E-state index in [1.54, 1.807) is 6.07 Å². The molecule has 1 heterocycles. The van der Waals surface area contributed by atoms with Crippen molar-refractivity contribution in [3.8, 4) is 0 Å². The first kappa shape index (κ1) is 16.4. The van der Waals surface area contributed by atoms with Crippen molar-refractivity contribution in [2.45, 2.75) is 25.4 Å². The van der Waals surface area contributed by atoms with Crippen LogP contribution in [0.5, 0.6) is 0 Å². The molecule has 5 heteroatoms. The van der Waals surface area contributed by atoms with Gasteiger partial charge in [-0.2, -0.15) is 0 Å². The van der Waals surface area contributed by atoms with Gasteiger partial charge in [0.1, 0.15) is 5.82 Å². The summed E-state index contributed by atoms with van der Waals surface area (Å²) < 4.78 is 5.38. The molecule has 1 aliphatic carbocycles. The van der Waals surface area contributed by atoms with Crippen molar-refractivity contribution in [2.24, 2.45) is 5.92 Å². The molecule has 3 unspecified atom stereocenters. The molecule has 0 spiro atoms. The minimum absolute atomic E-state index is 0. The topological polar surface area (TPSA) is 74.6 Å². The lowest BCUT2D eigenvalue weighted by atomic mass is 10.0. The van der Waals surface area contributed by atoms with E-state index in [2.05, 4.69) is 29.0 Å². The second-order valence-corrected chi connectivity index (χ2v) is 5.16. The van der Waals surface area contributed by atoms with Crippen molar-refractivity contribution < 1.29 is 16.4 Å². The van der Waals surface area contributed by atoms with Crippen molar-refractivity contribution in [1.29, 1.82) is 0 Å². The van der Waals surface area contributed by atoms with E-state index in [1.807, 2.05) is 24.3 Å². The number of nitrogens with one attached hydrogen (secondary N) is 1. The minimum Gasteiger partial charge on any atom is -0.389 e. The Balaban J connectivity index is 0.00000264. The lowest BCUT2D eigenvalue weighted by Crippen LogP contribution is -2.26.